The van der Waals surface area contributed by atoms with E-state index in [1.165, 1.54) is 11.9 Å². The molecule has 1 unspecified atom stereocenters. The highest BCUT2D eigenvalue weighted by atomic mass is 16.5. The first-order chi connectivity index (χ1) is 12.4. The van der Waals surface area contributed by atoms with Crippen LogP contribution in [0.1, 0.15) is 18.7 Å². The van der Waals surface area contributed by atoms with Gasteiger partial charge >= 0.3 is 12.0 Å². The summed E-state index contributed by atoms with van der Waals surface area (Å²) < 4.78 is 9.37. The number of aliphatic imine (C=N–C) groups is 1. The minimum Gasteiger partial charge on any atom is -0.494 e. The smallest absolute Gasteiger partial charge is 0.406 e. The maximum absolute atomic E-state index is 12.7. The minimum atomic E-state index is -0.618. The Hall–Kier alpha value is -3.16. The van der Waals surface area contributed by atoms with Crippen molar-refractivity contribution in [3.05, 3.63) is 36.2 Å². The third kappa shape index (κ3) is 2.15. The number of carbonyl (C=O) groups excluding carboxylic acids is 2. The fraction of sp³-hybridized carbons (Fsp3) is 0.333. The summed E-state index contributed by atoms with van der Waals surface area (Å²) in [5.41, 5.74) is 1.83. The predicted molar refractivity (Wildman–Crippen MR) is 93.9 cm³/mol. The van der Waals surface area contributed by atoms with Crippen molar-refractivity contribution < 1.29 is 18.9 Å². The normalized spacial score (nSPS) is 18.8. The van der Waals surface area contributed by atoms with E-state index in [0.717, 1.165) is 22.0 Å². The van der Waals surface area contributed by atoms with Gasteiger partial charge in [0.15, 0.2) is 0 Å². The van der Waals surface area contributed by atoms with E-state index in [4.69, 9.17) is 4.74 Å². The lowest BCUT2D eigenvalue weighted by atomic mass is 10.2. The van der Waals surface area contributed by atoms with Gasteiger partial charge in [-0.25, -0.2) is 9.36 Å². The predicted octanol–water partition coefficient (Wildman–Crippen LogP) is 1.58. The van der Waals surface area contributed by atoms with Crippen molar-refractivity contribution in [3.8, 4) is 11.4 Å². The van der Waals surface area contributed by atoms with Crippen molar-refractivity contribution >= 4 is 23.7 Å². The maximum atomic E-state index is 12.7. The van der Waals surface area contributed by atoms with Crippen molar-refractivity contribution in [2.75, 3.05) is 20.7 Å². The van der Waals surface area contributed by atoms with Gasteiger partial charge in [-0.05, 0) is 26.0 Å². The fourth-order valence-electron chi connectivity index (χ4n) is 3.46. The SMILES string of the molecule is CCOc1cccc(-n2c(C)c[n+]3c2N=C2C3C(=O)N(C)C(=O)N2C)c1. The van der Waals surface area contributed by atoms with Crippen LogP contribution >= 0.6 is 0 Å². The molecule has 4 rings (SSSR count). The molecule has 1 aromatic carbocycles. The van der Waals surface area contributed by atoms with Crippen LogP contribution in [0, 0.1) is 6.92 Å². The fourth-order valence-corrected chi connectivity index (χ4v) is 3.46. The van der Waals surface area contributed by atoms with Gasteiger partial charge in [-0.1, -0.05) is 11.1 Å². The molecule has 1 fully saturated rings. The molecule has 8 heteroatoms. The molecule has 0 saturated carbocycles. The quantitative estimate of drug-likeness (QED) is 0.786. The molecule has 0 aliphatic carbocycles. The Balaban J connectivity index is 1.86. The van der Waals surface area contributed by atoms with Crippen molar-refractivity contribution in [2.24, 2.45) is 4.99 Å². The highest BCUT2D eigenvalue weighted by Gasteiger charge is 2.52. The van der Waals surface area contributed by atoms with Crippen molar-refractivity contribution in [3.63, 3.8) is 0 Å². The third-order valence-electron chi connectivity index (χ3n) is 4.72. The number of benzene rings is 1. The molecule has 26 heavy (non-hydrogen) atoms. The van der Waals surface area contributed by atoms with E-state index in [1.54, 1.807) is 7.05 Å². The second-order valence-corrected chi connectivity index (χ2v) is 6.35. The minimum absolute atomic E-state index is 0.282. The van der Waals surface area contributed by atoms with Gasteiger partial charge in [-0.3, -0.25) is 14.6 Å². The first kappa shape index (κ1) is 16.3. The average Bonchev–Trinajstić information content (AvgIpc) is 3.13. The highest BCUT2D eigenvalue weighted by Crippen LogP contribution is 2.31. The molecule has 1 atom stereocenters. The number of rotatable bonds is 3. The van der Waals surface area contributed by atoms with E-state index in [-0.39, 0.29) is 11.9 Å². The second kappa shape index (κ2) is 5.69. The van der Waals surface area contributed by atoms with Crippen LogP contribution in [-0.4, -0.2) is 52.8 Å². The van der Waals surface area contributed by atoms with Gasteiger partial charge in [0.25, 0.3) is 5.91 Å². The van der Waals surface area contributed by atoms with Crippen LogP contribution in [0.15, 0.2) is 35.5 Å². The molecule has 8 nitrogen and oxygen atoms in total. The summed E-state index contributed by atoms with van der Waals surface area (Å²) in [6.45, 7) is 4.48. The Kier molecular flexibility index (Phi) is 3.57. The van der Waals surface area contributed by atoms with E-state index in [0.29, 0.717) is 18.4 Å². The molecule has 134 valence electrons. The molecule has 3 heterocycles. The summed E-state index contributed by atoms with van der Waals surface area (Å²) in [7, 11) is 3.13. The Labute approximate surface area is 150 Å². The van der Waals surface area contributed by atoms with Crippen molar-refractivity contribution in [1.82, 2.24) is 14.4 Å². The lowest BCUT2D eigenvalue weighted by Gasteiger charge is -2.30. The lowest BCUT2D eigenvalue weighted by molar-refractivity contribution is -0.676. The van der Waals surface area contributed by atoms with Gasteiger partial charge < -0.3 is 4.74 Å². The molecule has 1 aromatic heterocycles. The number of likely N-dealkylation sites (N-methyl/N-ethyl adjacent to an activating group) is 2. The van der Waals surface area contributed by atoms with Crippen LogP contribution in [0.4, 0.5) is 10.7 Å². The van der Waals surface area contributed by atoms with E-state index in [2.05, 4.69) is 4.99 Å². The highest BCUT2D eigenvalue weighted by molar-refractivity contribution is 6.18. The summed E-state index contributed by atoms with van der Waals surface area (Å²) in [4.78, 5) is 32.1. The summed E-state index contributed by atoms with van der Waals surface area (Å²) >= 11 is 0. The zero-order valence-electron chi connectivity index (χ0n) is 15.1. The zero-order valence-corrected chi connectivity index (χ0v) is 15.1. The van der Waals surface area contributed by atoms with E-state index in [9.17, 15) is 9.59 Å². The molecular formula is C18H20N5O3+. The van der Waals surface area contributed by atoms with E-state index in [1.807, 2.05) is 53.4 Å². The maximum Gasteiger partial charge on any atom is 0.406 e. The number of amidine groups is 1. The van der Waals surface area contributed by atoms with Crippen LogP contribution in [-0.2, 0) is 4.79 Å². The van der Waals surface area contributed by atoms with Gasteiger partial charge in [-0.15, -0.1) is 0 Å². The van der Waals surface area contributed by atoms with Crippen LogP contribution < -0.4 is 9.30 Å². The number of imide groups is 1. The number of urea groups is 1. The number of hydrogen-bond donors (Lipinski definition) is 0. The van der Waals surface area contributed by atoms with Crippen LogP contribution in [0.25, 0.3) is 5.69 Å². The third-order valence-corrected chi connectivity index (χ3v) is 4.72. The second-order valence-electron chi connectivity index (χ2n) is 6.35. The number of hydrogen-bond acceptors (Lipinski definition) is 4. The van der Waals surface area contributed by atoms with Gasteiger partial charge in [0, 0.05) is 20.2 Å². The average molecular weight is 354 g/mol. The molecule has 2 aromatic rings. The van der Waals surface area contributed by atoms with E-state index >= 15 is 0 Å². The molecule has 2 aliphatic rings. The number of carbonyl (C=O) groups is 2. The summed E-state index contributed by atoms with van der Waals surface area (Å²) in [5, 5.41) is 0. The lowest BCUT2D eigenvalue weighted by Crippen LogP contribution is -2.61. The molecular weight excluding hydrogens is 334 g/mol. The van der Waals surface area contributed by atoms with Gasteiger partial charge in [0.1, 0.15) is 23.3 Å². The Morgan fingerprint density at radius 2 is 2.00 bits per heavy atom. The monoisotopic (exact) mass is 354 g/mol. The Morgan fingerprint density at radius 3 is 2.73 bits per heavy atom. The summed E-state index contributed by atoms with van der Waals surface area (Å²) in [5.74, 6) is 1.54. The van der Waals surface area contributed by atoms with Gasteiger partial charge in [0.2, 0.25) is 11.9 Å². The zero-order chi connectivity index (χ0) is 18.6. The topological polar surface area (TPSA) is 71.0 Å². The number of imidazole rings is 1. The number of fused-ring (bicyclic) bond motifs is 3. The molecule has 0 bridgehead atoms. The molecule has 0 spiro atoms. The number of aromatic nitrogens is 2. The molecule has 2 aliphatic heterocycles. The van der Waals surface area contributed by atoms with E-state index < -0.39 is 6.04 Å². The van der Waals surface area contributed by atoms with Crippen LogP contribution in [0.5, 0.6) is 5.75 Å². The largest absolute Gasteiger partial charge is 0.494 e. The number of nitrogens with zero attached hydrogens (tertiary/aromatic N) is 5. The standard InChI is InChI=1S/C18H20N5O3/c1-5-26-13-8-6-7-12(9-13)23-11(2)10-22-14-15(19-17(22)23)20(3)18(25)21(4)16(14)24/h6-10,14H,5H2,1-4H3/q+1. The van der Waals surface area contributed by atoms with Crippen molar-refractivity contribution in [1.29, 1.82) is 0 Å². The van der Waals surface area contributed by atoms with Gasteiger partial charge in [0.05, 0.1) is 6.61 Å². The Bertz CT molecular complexity index is 962. The molecule has 0 N–H and O–H groups in total. The first-order valence-electron chi connectivity index (χ1n) is 8.44. The first-order valence-corrected chi connectivity index (χ1v) is 8.44. The summed E-state index contributed by atoms with van der Waals surface area (Å²) in [6.07, 6.45) is 1.89. The summed E-state index contributed by atoms with van der Waals surface area (Å²) in [6, 6.07) is 6.71. The van der Waals surface area contributed by atoms with Crippen molar-refractivity contribution in [2.45, 2.75) is 19.9 Å². The number of amides is 3. The molecule has 1 saturated heterocycles. The molecule has 3 amide bonds. The number of aryl methyl sites for hydroxylation is 1. The van der Waals surface area contributed by atoms with Crippen LogP contribution in [0.2, 0.25) is 0 Å². The number of ether oxygens (including phenoxy) is 1. The van der Waals surface area contributed by atoms with Gasteiger partial charge in [-0.2, -0.15) is 4.57 Å². The van der Waals surface area contributed by atoms with Crippen LogP contribution in [0.3, 0.4) is 0 Å². The Morgan fingerprint density at radius 1 is 1.23 bits per heavy atom. The molecule has 0 radical (unpaired) electrons.